The van der Waals surface area contributed by atoms with Gasteiger partial charge in [-0.2, -0.15) is 0 Å². The zero-order chi connectivity index (χ0) is 27.7. The molecule has 38 heavy (non-hydrogen) atoms. The quantitative estimate of drug-likeness (QED) is 0.228. The first-order valence-electron chi connectivity index (χ1n) is 14.1. The molecular weight excluding hydrogens is 464 g/mol. The number of benzene rings is 2. The van der Waals surface area contributed by atoms with Crippen LogP contribution in [0.25, 0.3) is 0 Å². The predicted octanol–water partition coefficient (Wildman–Crippen LogP) is 9.71. The van der Waals surface area contributed by atoms with Gasteiger partial charge in [-0.15, -0.1) is 0 Å². The summed E-state index contributed by atoms with van der Waals surface area (Å²) in [5.41, 5.74) is 9.88. The van der Waals surface area contributed by atoms with Crippen molar-refractivity contribution in [2.45, 2.75) is 92.9 Å². The standard InChI is InChI=1S/C36H44O2/c1-25(2)11-7-13-27(5)15-9-17-29-19-21-31-33(23-29)36(38)34-24-30(20-22-32(34)35(31)37)18-10-16-28(6)14-8-12-26(3)4/h11-12,15-16,19-24H,7-10,13-14,17-18H2,1-6H3/b27-15+,28-16+. The number of ketones is 2. The van der Waals surface area contributed by atoms with Gasteiger partial charge in [0.2, 0.25) is 0 Å². The number of aryl methyl sites for hydroxylation is 2. The van der Waals surface area contributed by atoms with Crippen LogP contribution in [0, 0.1) is 0 Å². The van der Waals surface area contributed by atoms with E-state index in [0.29, 0.717) is 22.3 Å². The minimum atomic E-state index is -0.0438. The number of carbonyl (C=O) groups excluding carboxylic acids is 2. The molecule has 0 saturated heterocycles. The van der Waals surface area contributed by atoms with Gasteiger partial charge in [0.15, 0.2) is 11.6 Å². The molecule has 2 aromatic carbocycles. The first-order valence-corrected chi connectivity index (χ1v) is 14.1. The zero-order valence-electron chi connectivity index (χ0n) is 24.2. The maximum atomic E-state index is 13.5. The van der Waals surface area contributed by atoms with E-state index in [1.807, 2.05) is 36.4 Å². The van der Waals surface area contributed by atoms with Crippen LogP contribution in [0.15, 0.2) is 83.0 Å². The zero-order valence-corrected chi connectivity index (χ0v) is 24.2. The van der Waals surface area contributed by atoms with Crippen molar-refractivity contribution in [2.24, 2.45) is 0 Å². The number of rotatable bonds is 12. The van der Waals surface area contributed by atoms with Gasteiger partial charge in [-0.25, -0.2) is 0 Å². The Balaban J connectivity index is 1.66. The second-order valence-corrected chi connectivity index (χ2v) is 11.2. The minimum Gasteiger partial charge on any atom is -0.289 e. The van der Waals surface area contributed by atoms with Gasteiger partial charge in [0.1, 0.15) is 0 Å². The summed E-state index contributed by atoms with van der Waals surface area (Å²) in [5.74, 6) is -0.0714. The van der Waals surface area contributed by atoms with Gasteiger partial charge >= 0.3 is 0 Å². The third kappa shape index (κ3) is 8.38. The van der Waals surface area contributed by atoms with Crippen LogP contribution < -0.4 is 0 Å². The van der Waals surface area contributed by atoms with E-state index < -0.39 is 0 Å². The monoisotopic (exact) mass is 508 g/mol. The average Bonchev–Trinajstić information content (AvgIpc) is 2.86. The van der Waals surface area contributed by atoms with Gasteiger partial charge in [-0.1, -0.05) is 70.9 Å². The van der Waals surface area contributed by atoms with E-state index in [9.17, 15) is 9.59 Å². The summed E-state index contributed by atoms with van der Waals surface area (Å²) in [6.07, 6.45) is 17.0. The summed E-state index contributed by atoms with van der Waals surface area (Å²) >= 11 is 0. The fourth-order valence-corrected chi connectivity index (χ4v) is 4.91. The molecule has 2 heteroatoms. The van der Waals surface area contributed by atoms with Crippen LogP contribution in [0.3, 0.4) is 0 Å². The van der Waals surface area contributed by atoms with E-state index in [0.717, 1.165) is 62.5 Å². The van der Waals surface area contributed by atoms with E-state index in [-0.39, 0.29) is 11.6 Å². The highest BCUT2D eigenvalue weighted by atomic mass is 16.1. The van der Waals surface area contributed by atoms with Crippen LogP contribution in [0.1, 0.15) is 123 Å². The second kappa shape index (κ2) is 14.0. The van der Waals surface area contributed by atoms with E-state index in [2.05, 4.69) is 65.8 Å². The molecule has 0 aromatic heterocycles. The number of hydrogen-bond donors (Lipinski definition) is 0. The van der Waals surface area contributed by atoms with Crippen molar-refractivity contribution in [2.75, 3.05) is 0 Å². The highest BCUT2D eigenvalue weighted by Crippen LogP contribution is 2.29. The van der Waals surface area contributed by atoms with Crippen LogP contribution in [0.2, 0.25) is 0 Å². The van der Waals surface area contributed by atoms with Gasteiger partial charge in [0.25, 0.3) is 0 Å². The molecule has 2 nitrogen and oxygen atoms in total. The van der Waals surface area contributed by atoms with Crippen molar-refractivity contribution in [1.82, 2.24) is 0 Å². The Hall–Kier alpha value is -3.26. The van der Waals surface area contributed by atoms with Gasteiger partial charge < -0.3 is 0 Å². The molecule has 0 spiro atoms. The van der Waals surface area contributed by atoms with Crippen molar-refractivity contribution in [3.8, 4) is 0 Å². The molecule has 0 unspecified atom stereocenters. The van der Waals surface area contributed by atoms with Crippen LogP contribution in [-0.4, -0.2) is 11.6 Å². The molecule has 3 rings (SSSR count). The Morgan fingerprint density at radius 1 is 0.526 bits per heavy atom. The Morgan fingerprint density at radius 3 is 1.32 bits per heavy atom. The maximum absolute atomic E-state index is 13.5. The highest BCUT2D eigenvalue weighted by Gasteiger charge is 2.29. The fraction of sp³-hybridized carbons (Fsp3) is 0.389. The molecule has 0 fully saturated rings. The molecule has 0 amide bonds. The average molecular weight is 509 g/mol. The van der Waals surface area contributed by atoms with Crippen molar-refractivity contribution >= 4 is 11.6 Å². The summed E-state index contributed by atoms with van der Waals surface area (Å²) in [6.45, 7) is 12.9. The summed E-state index contributed by atoms with van der Waals surface area (Å²) < 4.78 is 0. The molecule has 0 heterocycles. The SMILES string of the molecule is CC(C)=CCC/C(C)=C/CCc1ccc2c(c1)C(=O)c1cc(CC/C=C(\C)CCC=C(C)C)ccc1C2=O. The third-order valence-corrected chi connectivity index (χ3v) is 7.18. The Kier molecular flexibility index (Phi) is 10.8. The smallest absolute Gasteiger partial charge is 0.194 e. The molecule has 0 radical (unpaired) electrons. The first-order chi connectivity index (χ1) is 18.2. The summed E-state index contributed by atoms with van der Waals surface area (Å²) in [4.78, 5) is 26.7. The molecule has 0 aliphatic heterocycles. The third-order valence-electron chi connectivity index (χ3n) is 7.18. The molecule has 2 aromatic rings. The van der Waals surface area contributed by atoms with Gasteiger partial charge in [0.05, 0.1) is 0 Å². The van der Waals surface area contributed by atoms with E-state index in [1.54, 1.807) is 0 Å². The molecule has 0 bridgehead atoms. The molecule has 200 valence electrons. The summed E-state index contributed by atoms with van der Waals surface area (Å²) in [7, 11) is 0. The normalized spacial score (nSPS) is 13.2. The van der Waals surface area contributed by atoms with Crippen LogP contribution >= 0.6 is 0 Å². The van der Waals surface area contributed by atoms with Crippen molar-refractivity contribution in [3.63, 3.8) is 0 Å². The van der Waals surface area contributed by atoms with E-state index in [1.165, 1.54) is 22.3 Å². The largest absolute Gasteiger partial charge is 0.289 e. The lowest BCUT2D eigenvalue weighted by atomic mass is 9.82. The van der Waals surface area contributed by atoms with Crippen LogP contribution in [0.5, 0.6) is 0 Å². The summed E-state index contributed by atoms with van der Waals surface area (Å²) in [5, 5.41) is 0. The molecule has 0 atom stereocenters. The topological polar surface area (TPSA) is 34.1 Å². The van der Waals surface area contributed by atoms with E-state index in [4.69, 9.17) is 0 Å². The Labute approximate surface area is 230 Å². The predicted molar refractivity (Wildman–Crippen MR) is 161 cm³/mol. The molecule has 1 aliphatic rings. The number of carbonyl (C=O) groups is 2. The van der Waals surface area contributed by atoms with Crippen molar-refractivity contribution in [1.29, 1.82) is 0 Å². The molecule has 0 N–H and O–H groups in total. The van der Waals surface area contributed by atoms with Crippen molar-refractivity contribution in [3.05, 3.63) is 116 Å². The Morgan fingerprint density at radius 2 is 0.921 bits per heavy atom. The summed E-state index contributed by atoms with van der Waals surface area (Å²) in [6, 6.07) is 11.6. The lowest BCUT2D eigenvalue weighted by Gasteiger charge is -2.19. The van der Waals surface area contributed by atoms with Gasteiger partial charge in [-0.05, 0) is 116 Å². The molecule has 0 saturated carbocycles. The van der Waals surface area contributed by atoms with Gasteiger partial charge in [0, 0.05) is 22.3 Å². The fourth-order valence-electron chi connectivity index (χ4n) is 4.91. The number of hydrogen-bond acceptors (Lipinski definition) is 2. The molecule has 1 aliphatic carbocycles. The van der Waals surface area contributed by atoms with E-state index >= 15 is 0 Å². The molecular formula is C36H44O2. The minimum absolute atomic E-state index is 0.0276. The maximum Gasteiger partial charge on any atom is 0.194 e. The lowest BCUT2D eigenvalue weighted by Crippen LogP contribution is -2.21. The number of allylic oxidation sites excluding steroid dienone is 8. The van der Waals surface area contributed by atoms with Gasteiger partial charge in [-0.3, -0.25) is 9.59 Å². The lowest BCUT2D eigenvalue weighted by molar-refractivity contribution is 0.0979. The van der Waals surface area contributed by atoms with Crippen LogP contribution in [-0.2, 0) is 12.8 Å². The highest BCUT2D eigenvalue weighted by molar-refractivity contribution is 6.28. The second-order valence-electron chi connectivity index (χ2n) is 11.2. The number of fused-ring (bicyclic) bond motifs is 2. The van der Waals surface area contributed by atoms with Crippen LogP contribution in [0.4, 0.5) is 0 Å². The van der Waals surface area contributed by atoms with Crippen molar-refractivity contribution < 1.29 is 9.59 Å². The first kappa shape index (κ1) is 29.3. The Bertz CT molecular complexity index is 1190.